The van der Waals surface area contributed by atoms with E-state index >= 15 is 0 Å². The van der Waals surface area contributed by atoms with Crippen molar-refractivity contribution in [1.82, 2.24) is 4.90 Å². The molecule has 0 radical (unpaired) electrons. The molecule has 1 aliphatic rings. The molecule has 28 heavy (non-hydrogen) atoms. The Bertz CT molecular complexity index is 962. The number of carbonyl (C=O) groups is 2. The third-order valence-corrected chi connectivity index (χ3v) is 5.73. The number of amides is 2. The summed E-state index contributed by atoms with van der Waals surface area (Å²) in [5.41, 5.74) is 1.33. The Balaban J connectivity index is 1.63. The molecule has 0 bridgehead atoms. The lowest BCUT2D eigenvalue weighted by molar-refractivity contribution is -0.122. The Hall–Kier alpha value is -2.35. The Morgan fingerprint density at radius 3 is 2.71 bits per heavy atom. The van der Waals surface area contributed by atoms with Gasteiger partial charge in [0.15, 0.2) is 0 Å². The van der Waals surface area contributed by atoms with Crippen molar-refractivity contribution in [2.45, 2.75) is 6.42 Å². The molecule has 0 atom stereocenters. The van der Waals surface area contributed by atoms with Crippen molar-refractivity contribution in [3.8, 4) is 5.75 Å². The maximum Gasteiger partial charge on any atom is 0.266 e. The van der Waals surface area contributed by atoms with E-state index in [-0.39, 0.29) is 24.8 Å². The smallest absolute Gasteiger partial charge is 0.266 e. The summed E-state index contributed by atoms with van der Waals surface area (Å²) in [5.74, 6) is 0.123. The van der Waals surface area contributed by atoms with E-state index in [1.807, 2.05) is 24.3 Å². The zero-order valence-corrected chi connectivity index (χ0v) is 17.4. The molecule has 8 heteroatoms. The van der Waals surface area contributed by atoms with Gasteiger partial charge in [0.25, 0.3) is 5.91 Å². The number of para-hydroxylation sites is 2. The summed E-state index contributed by atoms with van der Waals surface area (Å²) in [5, 5.41) is 3.35. The minimum absolute atomic E-state index is 0.115. The van der Waals surface area contributed by atoms with Crippen LogP contribution >= 0.6 is 35.6 Å². The van der Waals surface area contributed by atoms with E-state index in [4.69, 9.17) is 28.6 Å². The number of rotatable bonds is 6. The molecule has 0 aromatic heterocycles. The fraction of sp³-hybridized carbons (Fsp3) is 0.150. The number of thioether (sulfide) groups is 1. The summed E-state index contributed by atoms with van der Waals surface area (Å²) >= 11 is 12.7. The molecule has 1 saturated heterocycles. The number of nitrogens with one attached hydrogen (secondary N) is 1. The van der Waals surface area contributed by atoms with Crippen LogP contribution in [0, 0.1) is 0 Å². The number of hydrogen-bond donors (Lipinski definition) is 1. The largest absolute Gasteiger partial charge is 0.495 e. The first-order valence-electron chi connectivity index (χ1n) is 8.42. The zero-order valence-electron chi connectivity index (χ0n) is 15.0. The van der Waals surface area contributed by atoms with Crippen molar-refractivity contribution >= 4 is 63.5 Å². The molecule has 2 aromatic rings. The number of carbonyl (C=O) groups excluding carboxylic acids is 2. The summed E-state index contributed by atoms with van der Waals surface area (Å²) in [4.78, 5) is 26.9. The van der Waals surface area contributed by atoms with Gasteiger partial charge in [-0.2, -0.15) is 0 Å². The molecular formula is C20H17ClN2O3S2. The molecule has 144 valence electrons. The van der Waals surface area contributed by atoms with Gasteiger partial charge >= 0.3 is 0 Å². The second-order valence-corrected chi connectivity index (χ2v) is 7.94. The molecule has 1 N–H and O–H groups in total. The Kier molecular flexibility index (Phi) is 6.72. The molecule has 1 fully saturated rings. The van der Waals surface area contributed by atoms with E-state index in [1.165, 1.54) is 23.8 Å². The summed E-state index contributed by atoms with van der Waals surface area (Å²) in [6.45, 7) is 0.200. The van der Waals surface area contributed by atoms with Gasteiger partial charge in [0.2, 0.25) is 5.91 Å². The van der Waals surface area contributed by atoms with Crippen LogP contribution < -0.4 is 10.1 Å². The number of halogens is 1. The van der Waals surface area contributed by atoms with E-state index in [0.29, 0.717) is 25.7 Å². The minimum atomic E-state index is -0.228. The molecule has 0 spiro atoms. The number of ether oxygens (including phenoxy) is 1. The maximum atomic E-state index is 12.7. The van der Waals surface area contributed by atoms with Gasteiger partial charge < -0.3 is 10.1 Å². The number of hydrogen-bond acceptors (Lipinski definition) is 5. The lowest BCUT2D eigenvalue weighted by Crippen LogP contribution is -2.31. The monoisotopic (exact) mass is 432 g/mol. The van der Waals surface area contributed by atoms with Gasteiger partial charge in [-0.15, -0.1) is 0 Å². The zero-order chi connectivity index (χ0) is 20.1. The third kappa shape index (κ3) is 4.73. The van der Waals surface area contributed by atoms with Crippen molar-refractivity contribution < 1.29 is 14.3 Å². The van der Waals surface area contributed by atoms with Crippen molar-refractivity contribution in [1.29, 1.82) is 0 Å². The minimum Gasteiger partial charge on any atom is -0.495 e. The predicted octanol–water partition coefficient (Wildman–Crippen LogP) is 4.58. The van der Waals surface area contributed by atoms with E-state index < -0.39 is 0 Å². The summed E-state index contributed by atoms with van der Waals surface area (Å²) in [7, 11) is 1.54. The van der Waals surface area contributed by atoms with E-state index in [9.17, 15) is 9.59 Å². The number of methoxy groups -OCH3 is 1. The van der Waals surface area contributed by atoms with Crippen LogP contribution in [0.3, 0.4) is 0 Å². The molecule has 3 rings (SSSR count). The van der Waals surface area contributed by atoms with Crippen molar-refractivity contribution in [3.05, 3.63) is 64.0 Å². The van der Waals surface area contributed by atoms with Crippen LogP contribution in [0.25, 0.3) is 6.08 Å². The molecule has 0 saturated carbocycles. The van der Waals surface area contributed by atoms with Crippen LogP contribution in [0.2, 0.25) is 5.02 Å². The Morgan fingerprint density at radius 2 is 1.96 bits per heavy atom. The first-order valence-corrected chi connectivity index (χ1v) is 10.0. The highest BCUT2D eigenvalue weighted by Crippen LogP contribution is 2.33. The van der Waals surface area contributed by atoms with Crippen LogP contribution in [-0.4, -0.2) is 34.7 Å². The van der Waals surface area contributed by atoms with Crippen LogP contribution in [0.15, 0.2) is 53.4 Å². The van der Waals surface area contributed by atoms with Crippen molar-refractivity contribution in [2.75, 3.05) is 19.0 Å². The first kappa shape index (κ1) is 20.4. The molecule has 2 aromatic carbocycles. The van der Waals surface area contributed by atoms with Gasteiger partial charge in [0.1, 0.15) is 10.1 Å². The average molecular weight is 433 g/mol. The van der Waals surface area contributed by atoms with Gasteiger partial charge in [-0.05, 0) is 29.8 Å². The second kappa shape index (κ2) is 9.23. The highest BCUT2D eigenvalue weighted by molar-refractivity contribution is 8.26. The molecular weight excluding hydrogens is 416 g/mol. The van der Waals surface area contributed by atoms with Gasteiger partial charge in [-0.3, -0.25) is 14.5 Å². The van der Waals surface area contributed by atoms with E-state index in [0.717, 1.165) is 5.56 Å². The first-order chi connectivity index (χ1) is 13.5. The van der Waals surface area contributed by atoms with E-state index in [1.54, 1.807) is 30.3 Å². The maximum absolute atomic E-state index is 12.7. The van der Waals surface area contributed by atoms with Gasteiger partial charge in [-0.1, -0.05) is 65.9 Å². The van der Waals surface area contributed by atoms with Gasteiger partial charge in [-0.25, -0.2) is 0 Å². The lowest BCUT2D eigenvalue weighted by atomic mass is 10.2. The normalized spacial score (nSPS) is 15.2. The number of nitrogens with zero attached hydrogens (tertiary/aromatic N) is 1. The third-order valence-electron chi connectivity index (χ3n) is 4.01. The SMILES string of the molecule is COc1ccccc1NC(=O)CCN1C(=O)C(=Cc2ccccc2Cl)SC1=S. The molecule has 0 unspecified atom stereocenters. The van der Waals surface area contributed by atoms with Crippen LogP contribution in [-0.2, 0) is 9.59 Å². The molecule has 5 nitrogen and oxygen atoms in total. The number of benzene rings is 2. The fourth-order valence-corrected chi connectivity index (χ4v) is 4.09. The topological polar surface area (TPSA) is 58.6 Å². The van der Waals surface area contributed by atoms with Gasteiger partial charge in [0.05, 0.1) is 17.7 Å². The molecule has 0 aliphatic carbocycles. The standard InChI is InChI=1S/C20H17ClN2O3S2/c1-26-16-9-5-4-8-15(16)22-18(24)10-11-23-19(25)17(28-20(23)27)12-13-6-2-3-7-14(13)21/h2-9,12H,10-11H2,1H3,(H,22,24). The number of anilines is 1. The van der Waals surface area contributed by atoms with Crippen LogP contribution in [0.5, 0.6) is 5.75 Å². The number of thiocarbonyl (C=S) groups is 1. The van der Waals surface area contributed by atoms with Crippen LogP contribution in [0.4, 0.5) is 5.69 Å². The highest BCUT2D eigenvalue weighted by Gasteiger charge is 2.32. The summed E-state index contributed by atoms with van der Waals surface area (Å²) in [6.07, 6.45) is 1.83. The molecule has 1 aliphatic heterocycles. The van der Waals surface area contributed by atoms with Crippen LogP contribution in [0.1, 0.15) is 12.0 Å². The predicted molar refractivity (Wildman–Crippen MR) is 118 cm³/mol. The molecule has 1 heterocycles. The highest BCUT2D eigenvalue weighted by atomic mass is 35.5. The lowest BCUT2D eigenvalue weighted by Gasteiger charge is -2.15. The summed E-state index contributed by atoms with van der Waals surface area (Å²) < 4.78 is 5.64. The van der Waals surface area contributed by atoms with E-state index in [2.05, 4.69) is 5.32 Å². The molecule has 2 amide bonds. The Labute approximate surface area is 177 Å². The quantitative estimate of drug-likeness (QED) is 0.535. The van der Waals surface area contributed by atoms with Crippen molar-refractivity contribution in [3.63, 3.8) is 0 Å². The second-order valence-electron chi connectivity index (χ2n) is 5.85. The Morgan fingerprint density at radius 1 is 1.25 bits per heavy atom. The van der Waals surface area contributed by atoms with Gasteiger partial charge in [0, 0.05) is 18.0 Å². The summed E-state index contributed by atoms with van der Waals surface area (Å²) in [6, 6.07) is 14.4. The van der Waals surface area contributed by atoms with Crippen molar-refractivity contribution in [2.24, 2.45) is 0 Å². The average Bonchev–Trinajstić information content (AvgIpc) is 2.95. The fourth-order valence-electron chi connectivity index (χ4n) is 2.60.